The lowest BCUT2D eigenvalue weighted by atomic mass is 9.72. The second kappa shape index (κ2) is 7.29. The van der Waals surface area contributed by atoms with Gasteiger partial charge >= 0.3 is 0 Å². The zero-order valence-corrected chi connectivity index (χ0v) is 15.0. The first-order chi connectivity index (χ1) is 9.51. The van der Waals surface area contributed by atoms with Crippen LogP contribution in [0, 0.1) is 17.8 Å². The van der Waals surface area contributed by atoms with E-state index in [9.17, 15) is 0 Å². The molecule has 0 saturated heterocycles. The Hall–Kier alpha value is -0.0500. The molecule has 3 atom stereocenters. The van der Waals surface area contributed by atoms with E-state index in [1.807, 2.05) is 6.07 Å². The maximum absolute atomic E-state index is 6.39. The molecule has 1 aromatic rings. The lowest BCUT2D eigenvalue weighted by Crippen LogP contribution is -2.40. The molecule has 1 aromatic carbocycles. The van der Waals surface area contributed by atoms with Crippen LogP contribution in [0.25, 0.3) is 0 Å². The van der Waals surface area contributed by atoms with Gasteiger partial charge in [-0.2, -0.15) is 0 Å². The highest BCUT2D eigenvalue weighted by Gasteiger charge is 2.31. The summed E-state index contributed by atoms with van der Waals surface area (Å²) < 4.78 is 1.06. The summed E-state index contributed by atoms with van der Waals surface area (Å²) in [4.78, 5) is 0. The van der Waals surface area contributed by atoms with Crippen LogP contribution in [0.3, 0.4) is 0 Å². The summed E-state index contributed by atoms with van der Waals surface area (Å²) in [6.45, 7) is 4.71. The van der Waals surface area contributed by atoms with Crippen molar-refractivity contribution >= 4 is 27.5 Å². The average molecular weight is 359 g/mol. The van der Waals surface area contributed by atoms with Crippen LogP contribution in [0.4, 0.5) is 0 Å². The Labute approximate surface area is 136 Å². The van der Waals surface area contributed by atoms with Crippen molar-refractivity contribution in [3.63, 3.8) is 0 Å². The van der Waals surface area contributed by atoms with E-state index in [0.717, 1.165) is 27.8 Å². The highest BCUT2D eigenvalue weighted by atomic mass is 79.9. The quantitative estimate of drug-likeness (QED) is 0.769. The molecule has 0 heterocycles. The van der Waals surface area contributed by atoms with Crippen molar-refractivity contribution in [2.24, 2.45) is 17.8 Å². The van der Waals surface area contributed by atoms with Gasteiger partial charge in [0.05, 0.1) is 0 Å². The molecule has 2 rings (SSSR count). The van der Waals surface area contributed by atoms with Crippen LogP contribution >= 0.6 is 27.5 Å². The molecule has 1 fully saturated rings. The fourth-order valence-electron chi connectivity index (χ4n) is 3.48. The number of hydrogen-bond acceptors (Lipinski definition) is 1. The van der Waals surface area contributed by atoms with Gasteiger partial charge in [0.1, 0.15) is 0 Å². The SMILES string of the molecule is CNC1CCC(C(C)C)CC1Cc1ccc(Br)cc1Cl. The van der Waals surface area contributed by atoms with Crippen LogP contribution in [-0.2, 0) is 6.42 Å². The standard InChI is InChI=1S/C17H25BrClN/c1-11(2)12-5-7-17(20-3)14(8-12)9-13-4-6-15(18)10-16(13)19/h4,6,10-12,14,17,20H,5,7-9H2,1-3H3. The summed E-state index contributed by atoms with van der Waals surface area (Å²) in [7, 11) is 2.09. The van der Waals surface area contributed by atoms with Crippen molar-refractivity contribution in [1.82, 2.24) is 5.32 Å². The van der Waals surface area contributed by atoms with Gasteiger partial charge in [0.2, 0.25) is 0 Å². The molecule has 0 bridgehead atoms. The molecule has 0 radical (unpaired) electrons. The third kappa shape index (κ3) is 3.99. The van der Waals surface area contributed by atoms with Gasteiger partial charge in [0, 0.05) is 15.5 Å². The van der Waals surface area contributed by atoms with Crippen LogP contribution in [0.2, 0.25) is 5.02 Å². The van der Waals surface area contributed by atoms with Gasteiger partial charge in [-0.1, -0.05) is 47.4 Å². The third-order valence-corrected chi connectivity index (χ3v) is 5.68. The Morgan fingerprint density at radius 3 is 2.70 bits per heavy atom. The molecule has 112 valence electrons. The van der Waals surface area contributed by atoms with E-state index in [-0.39, 0.29) is 0 Å². The maximum Gasteiger partial charge on any atom is 0.0449 e. The van der Waals surface area contributed by atoms with E-state index >= 15 is 0 Å². The summed E-state index contributed by atoms with van der Waals surface area (Å²) in [5.41, 5.74) is 1.28. The van der Waals surface area contributed by atoms with Gasteiger partial charge in [-0.15, -0.1) is 0 Å². The van der Waals surface area contributed by atoms with E-state index in [1.165, 1.54) is 24.8 Å². The maximum atomic E-state index is 6.39. The molecular formula is C17H25BrClN. The first-order valence-corrected chi connectivity index (χ1v) is 8.79. The third-order valence-electron chi connectivity index (χ3n) is 4.83. The number of rotatable bonds is 4. The van der Waals surface area contributed by atoms with E-state index in [0.29, 0.717) is 12.0 Å². The van der Waals surface area contributed by atoms with Gasteiger partial charge in [0.25, 0.3) is 0 Å². The number of benzene rings is 1. The van der Waals surface area contributed by atoms with Crippen molar-refractivity contribution < 1.29 is 0 Å². The number of halogens is 2. The van der Waals surface area contributed by atoms with Gasteiger partial charge in [-0.25, -0.2) is 0 Å². The minimum Gasteiger partial charge on any atom is -0.317 e. The minimum atomic E-state index is 0.629. The Morgan fingerprint density at radius 1 is 1.35 bits per heavy atom. The molecular weight excluding hydrogens is 334 g/mol. The zero-order chi connectivity index (χ0) is 14.7. The zero-order valence-electron chi connectivity index (χ0n) is 12.6. The summed E-state index contributed by atoms with van der Waals surface area (Å²) in [6.07, 6.45) is 5.04. The number of hydrogen-bond donors (Lipinski definition) is 1. The topological polar surface area (TPSA) is 12.0 Å². The van der Waals surface area contributed by atoms with E-state index in [2.05, 4.69) is 54.3 Å². The molecule has 1 saturated carbocycles. The highest BCUT2D eigenvalue weighted by molar-refractivity contribution is 9.10. The van der Waals surface area contributed by atoms with Crippen LogP contribution in [-0.4, -0.2) is 13.1 Å². The van der Waals surface area contributed by atoms with E-state index in [1.54, 1.807) is 0 Å². The lowest BCUT2D eigenvalue weighted by Gasteiger charge is -2.38. The molecule has 1 aliphatic rings. The monoisotopic (exact) mass is 357 g/mol. The molecule has 20 heavy (non-hydrogen) atoms. The second-order valence-corrected chi connectivity index (χ2v) is 7.74. The average Bonchev–Trinajstić information content (AvgIpc) is 2.41. The Morgan fingerprint density at radius 2 is 2.10 bits per heavy atom. The van der Waals surface area contributed by atoms with Crippen LogP contribution in [0.1, 0.15) is 38.7 Å². The van der Waals surface area contributed by atoms with E-state index in [4.69, 9.17) is 11.6 Å². The van der Waals surface area contributed by atoms with Crippen LogP contribution in [0.5, 0.6) is 0 Å². The van der Waals surface area contributed by atoms with Gasteiger partial charge in [0.15, 0.2) is 0 Å². The minimum absolute atomic E-state index is 0.629. The summed E-state index contributed by atoms with van der Waals surface area (Å²) in [6, 6.07) is 6.90. The van der Waals surface area contributed by atoms with Gasteiger partial charge in [-0.3, -0.25) is 0 Å². The fourth-order valence-corrected chi connectivity index (χ4v) is 4.23. The molecule has 0 spiro atoms. The van der Waals surface area contributed by atoms with Crippen molar-refractivity contribution in [2.45, 2.75) is 45.6 Å². The number of nitrogens with one attached hydrogen (secondary N) is 1. The Balaban J connectivity index is 2.11. The molecule has 1 N–H and O–H groups in total. The predicted octanol–water partition coefficient (Wildman–Crippen LogP) is 5.31. The van der Waals surface area contributed by atoms with Crippen molar-refractivity contribution in [2.75, 3.05) is 7.05 Å². The lowest BCUT2D eigenvalue weighted by molar-refractivity contribution is 0.173. The fraction of sp³-hybridized carbons (Fsp3) is 0.647. The van der Waals surface area contributed by atoms with Crippen LogP contribution in [0.15, 0.2) is 22.7 Å². The smallest absolute Gasteiger partial charge is 0.0449 e. The molecule has 1 nitrogen and oxygen atoms in total. The summed E-state index contributed by atoms with van der Waals surface area (Å²) in [5.74, 6) is 2.34. The van der Waals surface area contributed by atoms with Crippen LogP contribution < -0.4 is 5.32 Å². The second-order valence-electron chi connectivity index (χ2n) is 6.41. The first kappa shape index (κ1) is 16.3. The van der Waals surface area contributed by atoms with Crippen molar-refractivity contribution in [3.8, 4) is 0 Å². The molecule has 0 aliphatic heterocycles. The molecule has 0 aromatic heterocycles. The van der Waals surface area contributed by atoms with E-state index < -0.39 is 0 Å². The van der Waals surface area contributed by atoms with Crippen molar-refractivity contribution in [3.05, 3.63) is 33.3 Å². The predicted molar refractivity (Wildman–Crippen MR) is 91.4 cm³/mol. The molecule has 1 aliphatic carbocycles. The summed E-state index contributed by atoms with van der Waals surface area (Å²) in [5, 5.41) is 4.40. The largest absolute Gasteiger partial charge is 0.317 e. The van der Waals surface area contributed by atoms with Crippen molar-refractivity contribution in [1.29, 1.82) is 0 Å². The molecule has 0 amide bonds. The summed E-state index contributed by atoms with van der Waals surface area (Å²) >= 11 is 9.87. The highest BCUT2D eigenvalue weighted by Crippen LogP contribution is 2.36. The first-order valence-electron chi connectivity index (χ1n) is 7.62. The Kier molecular flexibility index (Phi) is 5.95. The Bertz CT molecular complexity index is 447. The molecule has 3 unspecified atom stereocenters. The molecule has 3 heteroatoms. The van der Waals surface area contributed by atoms with Gasteiger partial charge in [-0.05, 0) is 68.2 Å². The normalized spacial score (nSPS) is 27.0. The van der Waals surface area contributed by atoms with Gasteiger partial charge < -0.3 is 5.32 Å².